The zero-order valence-corrected chi connectivity index (χ0v) is 11.4. The molecule has 0 saturated carbocycles. The second-order valence-electron chi connectivity index (χ2n) is 5.65. The topological polar surface area (TPSA) is 23.6 Å². The predicted octanol–water partition coefficient (Wildman–Crippen LogP) is 2.27. The molecule has 2 aliphatic heterocycles. The van der Waals surface area contributed by atoms with Crippen LogP contribution in [0.25, 0.3) is 0 Å². The summed E-state index contributed by atoms with van der Waals surface area (Å²) in [5.41, 5.74) is 1.31. The number of rotatable bonds is 3. The van der Waals surface area contributed by atoms with Gasteiger partial charge >= 0.3 is 0 Å². The van der Waals surface area contributed by atoms with E-state index in [1.165, 1.54) is 18.4 Å². The Hall–Kier alpha value is -1.35. The minimum absolute atomic E-state index is 0.123. The fourth-order valence-electron chi connectivity index (χ4n) is 3.26. The van der Waals surface area contributed by atoms with Crippen LogP contribution in [0.5, 0.6) is 0 Å². The lowest BCUT2D eigenvalue weighted by Crippen LogP contribution is -2.44. The lowest BCUT2D eigenvalue weighted by molar-refractivity contribution is -0.135. The van der Waals surface area contributed by atoms with Gasteiger partial charge in [0.2, 0.25) is 5.91 Å². The van der Waals surface area contributed by atoms with Crippen molar-refractivity contribution < 1.29 is 4.79 Å². The number of hydrogen-bond acceptors (Lipinski definition) is 2. The Balaban J connectivity index is 1.66. The molecule has 2 heterocycles. The SMILES string of the molecule is O=C(C1CCCN1Cc1ccccc1)N1CCCC1. The monoisotopic (exact) mass is 258 g/mol. The molecule has 3 heteroatoms. The third-order valence-electron chi connectivity index (χ3n) is 4.29. The molecule has 0 bridgehead atoms. The highest BCUT2D eigenvalue weighted by molar-refractivity contribution is 5.82. The van der Waals surface area contributed by atoms with E-state index in [4.69, 9.17) is 0 Å². The lowest BCUT2D eigenvalue weighted by Gasteiger charge is -2.27. The predicted molar refractivity (Wildman–Crippen MR) is 75.7 cm³/mol. The average Bonchev–Trinajstić information content (AvgIpc) is 3.10. The summed E-state index contributed by atoms with van der Waals surface area (Å²) >= 11 is 0. The van der Waals surface area contributed by atoms with Crippen molar-refractivity contribution in [3.05, 3.63) is 35.9 Å². The molecule has 19 heavy (non-hydrogen) atoms. The second-order valence-corrected chi connectivity index (χ2v) is 5.65. The van der Waals surface area contributed by atoms with Crippen molar-refractivity contribution in [1.82, 2.24) is 9.80 Å². The minimum atomic E-state index is 0.123. The van der Waals surface area contributed by atoms with Gasteiger partial charge < -0.3 is 4.90 Å². The van der Waals surface area contributed by atoms with Crippen LogP contribution in [0.2, 0.25) is 0 Å². The van der Waals surface area contributed by atoms with E-state index in [0.717, 1.165) is 39.0 Å². The van der Waals surface area contributed by atoms with Crippen molar-refractivity contribution in [2.24, 2.45) is 0 Å². The van der Waals surface area contributed by atoms with Gasteiger partial charge in [-0.1, -0.05) is 30.3 Å². The maximum absolute atomic E-state index is 12.5. The number of likely N-dealkylation sites (tertiary alicyclic amines) is 2. The third-order valence-corrected chi connectivity index (χ3v) is 4.29. The van der Waals surface area contributed by atoms with E-state index in [0.29, 0.717) is 5.91 Å². The normalized spacial score (nSPS) is 24.0. The van der Waals surface area contributed by atoms with Gasteiger partial charge in [0, 0.05) is 19.6 Å². The maximum Gasteiger partial charge on any atom is 0.239 e. The quantitative estimate of drug-likeness (QED) is 0.830. The number of benzene rings is 1. The summed E-state index contributed by atoms with van der Waals surface area (Å²) < 4.78 is 0. The summed E-state index contributed by atoms with van der Waals surface area (Å²) in [6.45, 7) is 3.90. The average molecular weight is 258 g/mol. The van der Waals surface area contributed by atoms with Gasteiger partial charge in [0.1, 0.15) is 0 Å². The van der Waals surface area contributed by atoms with Gasteiger partial charge in [0.15, 0.2) is 0 Å². The lowest BCUT2D eigenvalue weighted by atomic mass is 10.1. The molecule has 0 N–H and O–H groups in total. The van der Waals surface area contributed by atoms with Gasteiger partial charge in [-0.3, -0.25) is 9.69 Å². The second kappa shape index (κ2) is 5.74. The Morgan fingerprint density at radius 1 is 1.05 bits per heavy atom. The number of amides is 1. The van der Waals surface area contributed by atoms with Crippen molar-refractivity contribution in [2.75, 3.05) is 19.6 Å². The van der Waals surface area contributed by atoms with Crippen molar-refractivity contribution >= 4 is 5.91 Å². The molecule has 2 aliphatic rings. The summed E-state index contributed by atoms with van der Waals surface area (Å²) in [6, 6.07) is 10.6. The highest BCUT2D eigenvalue weighted by Crippen LogP contribution is 2.23. The van der Waals surface area contributed by atoms with E-state index in [9.17, 15) is 4.79 Å². The molecule has 0 radical (unpaired) electrons. The maximum atomic E-state index is 12.5. The highest BCUT2D eigenvalue weighted by atomic mass is 16.2. The summed E-state index contributed by atoms with van der Waals surface area (Å²) in [5.74, 6) is 0.367. The van der Waals surface area contributed by atoms with Crippen LogP contribution in [0.1, 0.15) is 31.2 Å². The van der Waals surface area contributed by atoms with Crippen molar-refractivity contribution in [1.29, 1.82) is 0 Å². The van der Waals surface area contributed by atoms with Gasteiger partial charge in [-0.15, -0.1) is 0 Å². The molecule has 1 unspecified atom stereocenters. The molecule has 3 rings (SSSR count). The van der Waals surface area contributed by atoms with Gasteiger partial charge in [-0.2, -0.15) is 0 Å². The molecule has 102 valence electrons. The molecule has 3 nitrogen and oxygen atoms in total. The zero-order chi connectivity index (χ0) is 13.1. The number of hydrogen-bond donors (Lipinski definition) is 0. The third kappa shape index (κ3) is 2.81. The molecule has 1 aromatic carbocycles. The van der Waals surface area contributed by atoms with E-state index < -0.39 is 0 Å². The number of carbonyl (C=O) groups is 1. The largest absolute Gasteiger partial charge is 0.341 e. The molecular weight excluding hydrogens is 236 g/mol. The van der Waals surface area contributed by atoms with Gasteiger partial charge in [0.05, 0.1) is 6.04 Å². The zero-order valence-electron chi connectivity index (χ0n) is 11.4. The van der Waals surface area contributed by atoms with E-state index in [1.54, 1.807) is 0 Å². The van der Waals surface area contributed by atoms with Gasteiger partial charge in [-0.25, -0.2) is 0 Å². The summed E-state index contributed by atoms with van der Waals surface area (Å²) in [5, 5.41) is 0. The first kappa shape index (κ1) is 12.7. The molecule has 2 saturated heterocycles. The van der Waals surface area contributed by atoms with Crippen LogP contribution in [-0.2, 0) is 11.3 Å². The fourth-order valence-corrected chi connectivity index (χ4v) is 3.26. The van der Waals surface area contributed by atoms with E-state index >= 15 is 0 Å². The molecule has 0 aliphatic carbocycles. The Morgan fingerprint density at radius 3 is 2.53 bits per heavy atom. The van der Waals surface area contributed by atoms with Crippen LogP contribution >= 0.6 is 0 Å². The Bertz CT molecular complexity index is 426. The summed E-state index contributed by atoms with van der Waals surface area (Å²) in [7, 11) is 0. The van der Waals surface area contributed by atoms with Crippen molar-refractivity contribution in [2.45, 2.75) is 38.3 Å². The Kier molecular flexibility index (Phi) is 3.83. The van der Waals surface area contributed by atoms with E-state index in [2.05, 4.69) is 34.1 Å². The minimum Gasteiger partial charge on any atom is -0.341 e. The molecule has 0 spiro atoms. The van der Waals surface area contributed by atoms with Crippen LogP contribution < -0.4 is 0 Å². The fraction of sp³-hybridized carbons (Fsp3) is 0.562. The smallest absolute Gasteiger partial charge is 0.239 e. The summed E-state index contributed by atoms with van der Waals surface area (Å²) in [4.78, 5) is 17.0. The van der Waals surface area contributed by atoms with Crippen molar-refractivity contribution in [3.8, 4) is 0 Å². The van der Waals surface area contributed by atoms with E-state index in [-0.39, 0.29) is 6.04 Å². The first-order chi connectivity index (χ1) is 9.34. The van der Waals surface area contributed by atoms with Crippen LogP contribution in [0.15, 0.2) is 30.3 Å². The van der Waals surface area contributed by atoms with Crippen LogP contribution in [-0.4, -0.2) is 41.4 Å². The molecule has 2 fully saturated rings. The molecule has 1 amide bonds. The molecule has 0 aromatic heterocycles. The van der Waals surface area contributed by atoms with Gasteiger partial charge in [0.25, 0.3) is 0 Å². The first-order valence-electron chi connectivity index (χ1n) is 7.41. The molecule has 1 aromatic rings. The Morgan fingerprint density at radius 2 is 1.79 bits per heavy atom. The van der Waals surface area contributed by atoms with Crippen LogP contribution in [0.4, 0.5) is 0 Å². The number of nitrogens with zero attached hydrogens (tertiary/aromatic N) is 2. The standard InChI is InChI=1S/C16H22N2O/c19-16(17-10-4-5-11-17)15-9-6-12-18(15)13-14-7-2-1-3-8-14/h1-3,7-8,15H,4-6,9-13H2. The number of carbonyl (C=O) groups excluding carboxylic acids is 1. The Labute approximate surface area is 115 Å². The molecular formula is C16H22N2O. The van der Waals surface area contributed by atoms with Crippen molar-refractivity contribution in [3.63, 3.8) is 0 Å². The van der Waals surface area contributed by atoms with Gasteiger partial charge in [-0.05, 0) is 37.8 Å². The van der Waals surface area contributed by atoms with Crippen LogP contribution in [0, 0.1) is 0 Å². The van der Waals surface area contributed by atoms with E-state index in [1.807, 2.05) is 6.07 Å². The summed E-state index contributed by atoms with van der Waals surface area (Å²) in [6.07, 6.45) is 4.54. The van der Waals surface area contributed by atoms with Crippen LogP contribution in [0.3, 0.4) is 0 Å². The highest BCUT2D eigenvalue weighted by Gasteiger charge is 2.34. The first-order valence-corrected chi connectivity index (χ1v) is 7.41. The molecule has 1 atom stereocenters.